The molecule has 0 spiro atoms. The van der Waals surface area contributed by atoms with Crippen LogP contribution in [0.4, 0.5) is 0 Å². The standard InChI is InChI=1S/C38H41NO6Si/c1-37(2,3)46(30-17-11-7-12-18-30,31-19-13-8-14-20-31)43-26-32(42-25-27-21-23-29(41-5)24-22-27)33-34-38(4,36(40)44-33)39-35(45-34)28-15-9-6-10-16-28/h6-24,32-34H,25-26H2,1-5H3/t32-,33+,34+,38+/m1/s1. The van der Waals surface area contributed by atoms with Gasteiger partial charge in [0, 0.05) is 5.56 Å². The molecule has 0 radical (unpaired) electrons. The molecule has 0 unspecified atom stereocenters. The van der Waals surface area contributed by atoms with Crippen molar-refractivity contribution in [1.82, 2.24) is 0 Å². The number of carbonyl (C=O) groups is 1. The number of aliphatic imine (C=N–C) groups is 1. The molecule has 46 heavy (non-hydrogen) atoms. The van der Waals surface area contributed by atoms with E-state index in [4.69, 9.17) is 28.4 Å². The number of carbonyl (C=O) groups excluding carboxylic acids is 1. The predicted octanol–water partition coefficient (Wildman–Crippen LogP) is 5.69. The maximum Gasteiger partial charge on any atom is 0.338 e. The summed E-state index contributed by atoms with van der Waals surface area (Å²) in [6.07, 6.45) is -2.08. The van der Waals surface area contributed by atoms with Gasteiger partial charge in [-0.05, 0) is 52.2 Å². The molecule has 7 nitrogen and oxygen atoms in total. The van der Waals surface area contributed by atoms with Crippen LogP contribution in [0, 0.1) is 0 Å². The lowest BCUT2D eigenvalue weighted by Gasteiger charge is -2.44. The summed E-state index contributed by atoms with van der Waals surface area (Å²) in [4.78, 5) is 18.3. The summed E-state index contributed by atoms with van der Waals surface area (Å²) in [5, 5.41) is 2.07. The van der Waals surface area contributed by atoms with Crippen LogP contribution in [0.5, 0.6) is 5.75 Å². The van der Waals surface area contributed by atoms with E-state index >= 15 is 0 Å². The third kappa shape index (κ3) is 5.88. The van der Waals surface area contributed by atoms with E-state index < -0.39 is 38.1 Å². The van der Waals surface area contributed by atoms with E-state index in [1.807, 2.05) is 66.7 Å². The molecule has 1 saturated heterocycles. The van der Waals surface area contributed by atoms with Crippen LogP contribution < -0.4 is 15.1 Å². The molecule has 0 amide bonds. The smallest absolute Gasteiger partial charge is 0.338 e. The number of hydrogen-bond acceptors (Lipinski definition) is 7. The van der Waals surface area contributed by atoms with Crippen LogP contribution >= 0.6 is 0 Å². The molecule has 0 aromatic heterocycles. The van der Waals surface area contributed by atoms with Crippen LogP contribution in [-0.2, 0) is 30.0 Å². The third-order valence-electron chi connectivity index (χ3n) is 8.97. The fourth-order valence-electron chi connectivity index (χ4n) is 6.51. The number of fused-ring (bicyclic) bond motifs is 1. The summed E-state index contributed by atoms with van der Waals surface area (Å²) >= 11 is 0. The number of ether oxygens (including phenoxy) is 4. The summed E-state index contributed by atoms with van der Waals surface area (Å²) in [5.41, 5.74) is 0.565. The Kier molecular flexibility index (Phi) is 8.88. The van der Waals surface area contributed by atoms with Gasteiger partial charge < -0.3 is 23.4 Å². The van der Waals surface area contributed by atoms with Gasteiger partial charge in [0.1, 0.15) is 11.9 Å². The highest BCUT2D eigenvalue weighted by Crippen LogP contribution is 2.41. The van der Waals surface area contributed by atoms with Crippen molar-refractivity contribution >= 4 is 30.6 Å². The number of methoxy groups -OCH3 is 1. The van der Waals surface area contributed by atoms with Gasteiger partial charge in [-0.3, -0.25) is 0 Å². The van der Waals surface area contributed by atoms with Crippen molar-refractivity contribution in [2.75, 3.05) is 13.7 Å². The van der Waals surface area contributed by atoms with Gasteiger partial charge in [0.05, 0.1) is 20.3 Å². The van der Waals surface area contributed by atoms with Crippen LogP contribution in [0.1, 0.15) is 38.8 Å². The van der Waals surface area contributed by atoms with Crippen molar-refractivity contribution < 1.29 is 28.2 Å². The molecule has 0 bridgehead atoms. The zero-order valence-corrected chi connectivity index (χ0v) is 28.0. The number of benzene rings is 4. The molecule has 4 atom stereocenters. The normalized spacial score (nSPS) is 21.6. The van der Waals surface area contributed by atoms with Gasteiger partial charge in [-0.25, -0.2) is 9.79 Å². The average molecular weight is 636 g/mol. The van der Waals surface area contributed by atoms with E-state index in [9.17, 15) is 4.79 Å². The van der Waals surface area contributed by atoms with E-state index in [0.717, 1.165) is 27.2 Å². The maximum absolute atomic E-state index is 13.5. The van der Waals surface area contributed by atoms with Crippen LogP contribution in [0.15, 0.2) is 120 Å². The predicted molar refractivity (Wildman–Crippen MR) is 181 cm³/mol. The Morgan fingerprint density at radius 1 is 0.826 bits per heavy atom. The molecule has 0 aliphatic carbocycles. The van der Waals surface area contributed by atoms with Gasteiger partial charge in [0.2, 0.25) is 5.90 Å². The lowest BCUT2D eigenvalue weighted by molar-refractivity contribution is -0.153. The van der Waals surface area contributed by atoms with Gasteiger partial charge in [-0.1, -0.05) is 112 Å². The minimum Gasteiger partial charge on any atom is -0.497 e. The van der Waals surface area contributed by atoms with Crippen molar-refractivity contribution in [2.24, 2.45) is 4.99 Å². The minimum atomic E-state index is -2.93. The van der Waals surface area contributed by atoms with Crippen molar-refractivity contribution in [3.63, 3.8) is 0 Å². The largest absolute Gasteiger partial charge is 0.497 e. The monoisotopic (exact) mass is 635 g/mol. The van der Waals surface area contributed by atoms with E-state index in [-0.39, 0.29) is 18.3 Å². The number of cyclic esters (lactones) is 1. The second kappa shape index (κ2) is 12.9. The molecule has 4 aromatic carbocycles. The molecule has 2 aliphatic rings. The van der Waals surface area contributed by atoms with Crippen LogP contribution in [0.3, 0.4) is 0 Å². The van der Waals surface area contributed by atoms with Crippen molar-refractivity contribution in [2.45, 2.75) is 63.2 Å². The van der Waals surface area contributed by atoms with Crippen molar-refractivity contribution in [1.29, 1.82) is 0 Å². The van der Waals surface area contributed by atoms with Gasteiger partial charge in [-0.15, -0.1) is 0 Å². The third-order valence-corrected chi connectivity index (χ3v) is 14.0. The summed E-state index contributed by atoms with van der Waals surface area (Å²) in [5.74, 6) is 0.759. The van der Waals surface area contributed by atoms with Crippen molar-refractivity contribution in [3.8, 4) is 5.75 Å². The Bertz CT molecular complexity index is 1620. The second-order valence-corrected chi connectivity index (χ2v) is 17.3. The molecule has 8 heteroatoms. The average Bonchev–Trinajstić information content (AvgIpc) is 3.55. The molecule has 2 aliphatic heterocycles. The fraction of sp³-hybridized carbons (Fsp3) is 0.316. The van der Waals surface area contributed by atoms with E-state index in [0.29, 0.717) is 5.90 Å². The summed E-state index contributed by atoms with van der Waals surface area (Å²) < 4.78 is 31.8. The van der Waals surface area contributed by atoms with Gasteiger partial charge >= 0.3 is 5.97 Å². The Labute approximate surface area is 272 Å². The number of rotatable bonds is 11. The Hall–Kier alpha value is -4.24. The molecule has 4 aromatic rings. The first-order chi connectivity index (χ1) is 22.2. The molecular weight excluding hydrogens is 595 g/mol. The maximum atomic E-state index is 13.5. The highest BCUT2D eigenvalue weighted by Gasteiger charge is 2.63. The Morgan fingerprint density at radius 2 is 1.39 bits per heavy atom. The zero-order chi connectivity index (χ0) is 32.4. The molecule has 2 heterocycles. The van der Waals surface area contributed by atoms with Gasteiger partial charge in [0.25, 0.3) is 8.32 Å². The molecule has 238 valence electrons. The van der Waals surface area contributed by atoms with Crippen LogP contribution in [-0.4, -0.2) is 57.8 Å². The summed E-state index contributed by atoms with van der Waals surface area (Å²) in [6, 6.07) is 38.3. The van der Waals surface area contributed by atoms with E-state index in [1.54, 1.807) is 14.0 Å². The van der Waals surface area contributed by atoms with Gasteiger partial charge in [0.15, 0.2) is 17.7 Å². The lowest BCUT2D eigenvalue weighted by Crippen LogP contribution is -2.67. The first kappa shape index (κ1) is 31.7. The fourth-order valence-corrected chi connectivity index (χ4v) is 11.1. The molecule has 1 fully saturated rings. The number of esters is 1. The summed E-state index contributed by atoms with van der Waals surface area (Å²) in [6.45, 7) is 8.94. The first-order valence-corrected chi connectivity index (χ1v) is 17.6. The van der Waals surface area contributed by atoms with E-state index in [2.05, 4.69) is 69.3 Å². The molecule has 0 N–H and O–H groups in total. The van der Waals surface area contributed by atoms with Gasteiger partial charge in [-0.2, -0.15) is 0 Å². The SMILES string of the molecule is COc1ccc(CO[C@H](CO[Si](c2ccccc2)(c2ccccc2)C(C)(C)C)[C@@H]2OC(=O)[C@@]3(C)N=C(c4ccccc4)O[C@@H]23)cc1. The molecular formula is C38H41NO6Si. The van der Waals surface area contributed by atoms with Crippen LogP contribution in [0.2, 0.25) is 5.04 Å². The first-order valence-electron chi connectivity index (χ1n) is 15.7. The Balaban J connectivity index is 1.36. The molecule has 6 rings (SSSR count). The van der Waals surface area contributed by atoms with E-state index in [1.165, 1.54) is 0 Å². The lowest BCUT2D eigenvalue weighted by atomic mass is 9.93. The Morgan fingerprint density at radius 3 is 1.93 bits per heavy atom. The number of hydrogen-bond donors (Lipinski definition) is 0. The second-order valence-electron chi connectivity index (χ2n) is 13.0. The quantitative estimate of drug-likeness (QED) is 0.156. The van der Waals surface area contributed by atoms with Crippen molar-refractivity contribution in [3.05, 3.63) is 126 Å². The topological polar surface area (TPSA) is 75.6 Å². The summed E-state index contributed by atoms with van der Waals surface area (Å²) in [7, 11) is -1.28. The van der Waals surface area contributed by atoms with Crippen LogP contribution in [0.25, 0.3) is 0 Å². The molecule has 0 saturated carbocycles. The highest BCUT2D eigenvalue weighted by atomic mass is 28.4. The highest BCUT2D eigenvalue weighted by molar-refractivity contribution is 6.99. The minimum absolute atomic E-state index is 0.179. The number of nitrogens with zero attached hydrogens (tertiary/aromatic N) is 1. The zero-order valence-electron chi connectivity index (χ0n) is 27.0.